The first-order valence-electron chi connectivity index (χ1n) is 8.30. The van der Waals surface area contributed by atoms with Gasteiger partial charge in [0.1, 0.15) is 12.4 Å². The second-order valence-corrected chi connectivity index (χ2v) is 5.59. The van der Waals surface area contributed by atoms with Crippen molar-refractivity contribution in [3.8, 4) is 5.75 Å². The van der Waals surface area contributed by atoms with E-state index < -0.39 is 0 Å². The van der Waals surface area contributed by atoms with Crippen LogP contribution in [0.3, 0.4) is 0 Å². The van der Waals surface area contributed by atoms with E-state index >= 15 is 0 Å². The predicted molar refractivity (Wildman–Crippen MR) is 93.7 cm³/mol. The summed E-state index contributed by atoms with van der Waals surface area (Å²) in [5, 5.41) is 0. The lowest BCUT2D eigenvalue weighted by atomic mass is 10.1. The highest BCUT2D eigenvalue weighted by Gasteiger charge is 2.14. The van der Waals surface area contributed by atoms with Gasteiger partial charge in [0.05, 0.1) is 0 Å². The summed E-state index contributed by atoms with van der Waals surface area (Å²) in [4.78, 5) is 14.5. The molecule has 1 amide bonds. The van der Waals surface area contributed by atoms with Crippen LogP contribution in [0.25, 0.3) is 0 Å². The van der Waals surface area contributed by atoms with E-state index in [-0.39, 0.29) is 5.91 Å². The molecule has 23 heavy (non-hydrogen) atoms. The molecule has 0 aliphatic rings. The van der Waals surface area contributed by atoms with Gasteiger partial charge < -0.3 is 9.64 Å². The first-order chi connectivity index (χ1) is 11.2. The summed E-state index contributed by atoms with van der Waals surface area (Å²) in [6, 6.07) is 17.5. The van der Waals surface area contributed by atoms with Crippen molar-refractivity contribution in [1.29, 1.82) is 0 Å². The van der Waals surface area contributed by atoms with Crippen LogP contribution in [0.2, 0.25) is 0 Å². The Labute approximate surface area is 138 Å². The SMILES string of the molecule is CCCN(CCC)C(=O)c1cccc(OCc2ccccc2)c1. The molecule has 2 aromatic carbocycles. The van der Waals surface area contributed by atoms with Gasteiger partial charge in [-0.05, 0) is 36.6 Å². The van der Waals surface area contributed by atoms with Gasteiger partial charge in [-0.1, -0.05) is 50.2 Å². The molecule has 0 atom stereocenters. The quantitative estimate of drug-likeness (QED) is 0.717. The average molecular weight is 311 g/mol. The summed E-state index contributed by atoms with van der Waals surface area (Å²) in [7, 11) is 0. The number of benzene rings is 2. The lowest BCUT2D eigenvalue weighted by Gasteiger charge is -2.21. The van der Waals surface area contributed by atoms with Crippen molar-refractivity contribution >= 4 is 5.91 Å². The van der Waals surface area contributed by atoms with Crippen LogP contribution in [0.5, 0.6) is 5.75 Å². The van der Waals surface area contributed by atoms with E-state index in [2.05, 4.69) is 13.8 Å². The Morgan fingerprint density at radius 1 is 0.957 bits per heavy atom. The van der Waals surface area contributed by atoms with E-state index in [1.165, 1.54) is 0 Å². The molecule has 0 unspecified atom stereocenters. The molecule has 0 heterocycles. The predicted octanol–water partition coefficient (Wildman–Crippen LogP) is 4.53. The van der Waals surface area contributed by atoms with Gasteiger partial charge in [-0.2, -0.15) is 0 Å². The summed E-state index contributed by atoms with van der Waals surface area (Å²) in [5.41, 5.74) is 1.81. The first kappa shape index (κ1) is 17.1. The summed E-state index contributed by atoms with van der Waals surface area (Å²) < 4.78 is 5.81. The number of hydrogen-bond acceptors (Lipinski definition) is 2. The normalized spacial score (nSPS) is 10.3. The van der Waals surface area contributed by atoms with Gasteiger partial charge in [0.25, 0.3) is 5.91 Å². The number of nitrogens with zero attached hydrogens (tertiary/aromatic N) is 1. The van der Waals surface area contributed by atoms with Crippen molar-refractivity contribution in [2.75, 3.05) is 13.1 Å². The van der Waals surface area contributed by atoms with Crippen LogP contribution in [-0.2, 0) is 6.61 Å². The van der Waals surface area contributed by atoms with Crippen LogP contribution in [0.1, 0.15) is 42.6 Å². The fraction of sp³-hybridized carbons (Fsp3) is 0.350. The van der Waals surface area contributed by atoms with Crippen LogP contribution < -0.4 is 4.74 Å². The molecule has 0 radical (unpaired) electrons. The maximum absolute atomic E-state index is 12.6. The van der Waals surface area contributed by atoms with E-state index in [0.717, 1.165) is 37.2 Å². The zero-order chi connectivity index (χ0) is 16.5. The maximum atomic E-state index is 12.6. The Balaban J connectivity index is 2.04. The van der Waals surface area contributed by atoms with Gasteiger partial charge in [-0.3, -0.25) is 4.79 Å². The van der Waals surface area contributed by atoms with Gasteiger partial charge in [0.15, 0.2) is 0 Å². The second-order valence-electron chi connectivity index (χ2n) is 5.59. The van der Waals surface area contributed by atoms with Gasteiger partial charge in [0.2, 0.25) is 0 Å². The number of hydrogen-bond donors (Lipinski definition) is 0. The highest BCUT2D eigenvalue weighted by Crippen LogP contribution is 2.17. The molecule has 2 rings (SSSR count). The number of amides is 1. The molecule has 0 spiro atoms. The smallest absolute Gasteiger partial charge is 0.253 e. The lowest BCUT2D eigenvalue weighted by Crippen LogP contribution is -2.32. The Hall–Kier alpha value is -2.29. The second kappa shape index (κ2) is 8.99. The molecule has 0 bridgehead atoms. The van der Waals surface area contributed by atoms with E-state index in [1.807, 2.05) is 59.5 Å². The van der Waals surface area contributed by atoms with Crippen LogP contribution in [-0.4, -0.2) is 23.9 Å². The van der Waals surface area contributed by atoms with Crippen molar-refractivity contribution in [1.82, 2.24) is 4.90 Å². The minimum absolute atomic E-state index is 0.0823. The highest BCUT2D eigenvalue weighted by atomic mass is 16.5. The Morgan fingerprint density at radius 2 is 1.65 bits per heavy atom. The molecule has 0 aliphatic heterocycles. The molecule has 0 saturated heterocycles. The molecule has 0 saturated carbocycles. The van der Waals surface area contributed by atoms with E-state index in [9.17, 15) is 4.79 Å². The first-order valence-corrected chi connectivity index (χ1v) is 8.30. The highest BCUT2D eigenvalue weighted by molar-refractivity contribution is 5.94. The standard InChI is InChI=1S/C20H25NO2/c1-3-13-21(14-4-2)20(22)18-11-8-12-19(15-18)23-16-17-9-6-5-7-10-17/h5-12,15H,3-4,13-14,16H2,1-2H3. The van der Waals surface area contributed by atoms with Gasteiger partial charge in [-0.15, -0.1) is 0 Å². The topological polar surface area (TPSA) is 29.5 Å². The van der Waals surface area contributed by atoms with Gasteiger partial charge in [0, 0.05) is 18.7 Å². The Morgan fingerprint density at radius 3 is 2.30 bits per heavy atom. The largest absolute Gasteiger partial charge is 0.489 e. The number of carbonyl (C=O) groups excluding carboxylic acids is 1. The summed E-state index contributed by atoms with van der Waals surface area (Å²) >= 11 is 0. The molecule has 122 valence electrons. The minimum Gasteiger partial charge on any atom is -0.489 e. The molecular formula is C20H25NO2. The maximum Gasteiger partial charge on any atom is 0.253 e. The summed E-state index contributed by atoms with van der Waals surface area (Å²) in [6.07, 6.45) is 1.94. The monoisotopic (exact) mass is 311 g/mol. The van der Waals surface area contributed by atoms with Crippen LogP contribution in [0.15, 0.2) is 54.6 Å². The molecule has 0 aliphatic carbocycles. The van der Waals surface area contributed by atoms with Crippen molar-refractivity contribution in [3.63, 3.8) is 0 Å². The van der Waals surface area contributed by atoms with Crippen molar-refractivity contribution in [3.05, 3.63) is 65.7 Å². The van der Waals surface area contributed by atoms with Crippen LogP contribution >= 0.6 is 0 Å². The number of carbonyl (C=O) groups is 1. The molecule has 3 nitrogen and oxygen atoms in total. The molecule has 3 heteroatoms. The van der Waals surface area contributed by atoms with E-state index in [0.29, 0.717) is 12.2 Å². The van der Waals surface area contributed by atoms with Crippen molar-refractivity contribution in [2.45, 2.75) is 33.3 Å². The molecule has 0 N–H and O–H groups in total. The fourth-order valence-electron chi connectivity index (χ4n) is 2.50. The third-order valence-corrected chi connectivity index (χ3v) is 3.60. The van der Waals surface area contributed by atoms with Crippen molar-refractivity contribution < 1.29 is 9.53 Å². The van der Waals surface area contributed by atoms with E-state index in [4.69, 9.17) is 4.74 Å². The zero-order valence-electron chi connectivity index (χ0n) is 14.0. The van der Waals surface area contributed by atoms with E-state index in [1.54, 1.807) is 0 Å². The number of rotatable bonds is 8. The zero-order valence-corrected chi connectivity index (χ0v) is 14.0. The number of ether oxygens (including phenoxy) is 1. The van der Waals surface area contributed by atoms with Gasteiger partial charge in [-0.25, -0.2) is 0 Å². The molecular weight excluding hydrogens is 286 g/mol. The fourth-order valence-corrected chi connectivity index (χ4v) is 2.50. The Bertz CT molecular complexity index is 604. The molecule has 0 fully saturated rings. The third kappa shape index (κ3) is 5.13. The third-order valence-electron chi connectivity index (χ3n) is 3.60. The van der Waals surface area contributed by atoms with Crippen LogP contribution in [0, 0.1) is 0 Å². The average Bonchev–Trinajstić information content (AvgIpc) is 2.60. The summed E-state index contributed by atoms with van der Waals surface area (Å²) in [5.74, 6) is 0.812. The van der Waals surface area contributed by atoms with Crippen LogP contribution in [0.4, 0.5) is 0 Å². The van der Waals surface area contributed by atoms with Crippen molar-refractivity contribution in [2.24, 2.45) is 0 Å². The Kier molecular flexibility index (Phi) is 6.67. The molecule has 0 aromatic heterocycles. The summed E-state index contributed by atoms with van der Waals surface area (Å²) in [6.45, 7) is 6.28. The van der Waals surface area contributed by atoms with Gasteiger partial charge >= 0.3 is 0 Å². The molecule has 2 aromatic rings. The minimum atomic E-state index is 0.0823. The lowest BCUT2D eigenvalue weighted by molar-refractivity contribution is 0.0755.